The molecule has 1 aromatic heterocycles. The van der Waals surface area contributed by atoms with Crippen molar-refractivity contribution in [3.05, 3.63) is 108 Å². The highest BCUT2D eigenvalue weighted by molar-refractivity contribution is 5.99. The van der Waals surface area contributed by atoms with Crippen LogP contribution in [0, 0.1) is 0 Å². The average molecular weight is 508 g/mol. The van der Waals surface area contributed by atoms with Crippen molar-refractivity contribution >= 4 is 34.3 Å². The molecule has 0 bridgehead atoms. The van der Waals surface area contributed by atoms with Crippen LogP contribution in [0.25, 0.3) is 10.8 Å². The van der Waals surface area contributed by atoms with Crippen molar-refractivity contribution in [1.29, 1.82) is 0 Å². The van der Waals surface area contributed by atoms with Crippen molar-refractivity contribution in [3.8, 4) is 0 Å². The van der Waals surface area contributed by atoms with Gasteiger partial charge in [-0.1, -0.05) is 60.7 Å². The summed E-state index contributed by atoms with van der Waals surface area (Å²) >= 11 is 0. The number of nitrogens with one attached hydrogen (secondary N) is 2. The quantitative estimate of drug-likeness (QED) is 0.353. The number of carbonyl (C=O) groups excluding carboxylic acids is 3. The number of nitrogens with two attached hydrogens (primary N) is 1. The number of hydrogen-bond acceptors (Lipinski definition) is 5. The summed E-state index contributed by atoms with van der Waals surface area (Å²) in [5.41, 5.74) is 7.99. The number of carbonyl (C=O) groups is 3. The van der Waals surface area contributed by atoms with Crippen LogP contribution in [0.15, 0.2) is 91.1 Å². The van der Waals surface area contributed by atoms with Crippen molar-refractivity contribution in [1.82, 2.24) is 20.5 Å². The number of benzene rings is 3. The van der Waals surface area contributed by atoms with E-state index in [4.69, 9.17) is 5.73 Å². The molecular formula is C30H29N5O3. The number of hydrogen-bond donors (Lipinski definition) is 3. The molecule has 1 aliphatic heterocycles. The lowest BCUT2D eigenvalue weighted by molar-refractivity contribution is -0.140. The van der Waals surface area contributed by atoms with Crippen LogP contribution in [0.1, 0.15) is 40.4 Å². The van der Waals surface area contributed by atoms with Gasteiger partial charge in [-0.25, -0.2) is 4.98 Å². The van der Waals surface area contributed by atoms with Crippen molar-refractivity contribution in [2.45, 2.75) is 31.5 Å². The first-order chi connectivity index (χ1) is 18.5. The first kappa shape index (κ1) is 25.0. The fraction of sp³-hybridized carbons (Fsp3) is 0.200. The number of aromatic nitrogens is 1. The third-order valence-electron chi connectivity index (χ3n) is 6.86. The van der Waals surface area contributed by atoms with E-state index in [1.54, 1.807) is 47.5 Å². The van der Waals surface area contributed by atoms with Gasteiger partial charge in [0, 0.05) is 30.2 Å². The first-order valence-corrected chi connectivity index (χ1v) is 12.6. The molecule has 38 heavy (non-hydrogen) atoms. The van der Waals surface area contributed by atoms with Crippen LogP contribution < -0.4 is 16.4 Å². The van der Waals surface area contributed by atoms with Crippen molar-refractivity contribution in [2.75, 3.05) is 12.3 Å². The van der Waals surface area contributed by atoms with Crippen molar-refractivity contribution in [2.24, 2.45) is 0 Å². The second-order valence-electron chi connectivity index (χ2n) is 9.34. The Balaban J connectivity index is 1.31. The summed E-state index contributed by atoms with van der Waals surface area (Å²) in [6.45, 7) is 0.770. The molecule has 8 nitrogen and oxygen atoms in total. The molecule has 192 valence electrons. The number of rotatable bonds is 7. The predicted octanol–water partition coefficient (Wildman–Crippen LogP) is 3.60. The molecule has 0 saturated carbocycles. The fourth-order valence-corrected chi connectivity index (χ4v) is 4.87. The zero-order valence-corrected chi connectivity index (χ0v) is 20.8. The van der Waals surface area contributed by atoms with E-state index >= 15 is 0 Å². The molecule has 0 radical (unpaired) electrons. The number of fused-ring (bicyclic) bond motifs is 1. The van der Waals surface area contributed by atoms with Gasteiger partial charge in [-0.05, 0) is 53.6 Å². The van der Waals surface area contributed by atoms with Gasteiger partial charge in [-0.3, -0.25) is 14.4 Å². The maximum atomic E-state index is 13.8. The lowest BCUT2D eigenvalue weighted by Gasteiger charge is -2.29. The molecule has 3 amide bonds. The summed E-state index contributed by atoms with van der Waals surface area (Å²) in [6.07, 6.45) is 2.92. The zero-order chi connectivity index (χ0) is 26.5. The molecule has 1 saturated heterocycles. The Morgan fingerprint density at radius 2 is 1.71 bits per heavy atom. The van der Waals surface area contributed by atoms with Crippen LogP contribution in [-0.2, 0) is 16.1 Å². The molecule has 3 aromatic carbocycles. The van der Waals surface area contributed by atoms with Crippen molar-refractivity contribution < 1.29 is 14.4 Å². The standard InChI is InChI=1S/C30H29N5O3/c31-27-24-14-13-20(18-23(24)15-16-32-27)19-33-29(37)25-12-7-17-35(25)30(38)26(21-8-3-1-4-9-21)34-28(36)22-10-5-2-6-11-22/h1-6,8-11,13-16,18,25-26H,7,12,17,19H2,(H2,31,32)(H,33,37)(H,34,36)/t25-,26+/m0/s1. The second kappa shape index (κ2) is 11.1. The van der Waals surface area contributed by atoms with Gasteiger partial charge in [0.2, 0.25) is 11.8 Å². The summed E-state index contributed by atoms with van der Waals surface area (Å²) in [5.74, 6) is -0.399. The van der Waals surface area contributed by atoms with Crippen LogP contribution in [0.5, 0.6) is 0 Å². The topological polar surface area (TPSA) is 117 Å². The Kier molecular flexibility index (Phi) is 7.31. The van der Waals surface area contributed by atoms with Crippen LogP contribution in [-0.4, -0.2) is 40.2 Å². The summed E-state index contributed by atoms with van der Waals surface area (Å²) in [6, 6.07) is 24.0. The number of amides is 3. The summed E-state index contributed by atoms with van der Waals surface area (Å²) in [4.78, 5) is 45.7. The van der Waals surface area contributed by atoms with E-state index in [0.29, 0.717) is 42.9 Å². The first-order valence-electron chi connectivity index (χ1n) is 12.6. The smallest absolute Gasteiger partial charge is 0.252 e. The molecule has 5 rings (SSSR count). The van der Waals surface area contributed by atoms with Crippen molar-refractivity contribution in [3.63, 3.8) is 0 Å². The minimum absolute atomic E-state index is 0.216. The van der Waals surface area contributed by atoms with Crippen LogP contribution in [0.3, 0.4) is 0 Å². The van der Waals surface area contributed by atoms with E-state index in [-0.39, 0.29) is 17.7 Å². The van der Waals surface area contributed by atoms with Crippen LogP contribution in [0.2, 0.25) is 0 Å². The number of nitrogens with zero attached hydrogens (tertiary/aromatic N) is 2. The zero-order valence-electron chi connectivity index (χ0n) is 20.8. The summed E-state index contributed by atoms with van der Waals surface area (Å²) < 4.78 is 0. The molecule has 1 fully saturated rings. The highest BCUT2D eigenvalue weighted by Crippen LogP contribution is 2.25. The van der Waals surface area contributed by atoms with Gasteiger partial charge < -0.3 is 21.3 Å². The Hall–Kier alpha value is -4.72. The molecular weight excluding hydrogens is 478 g/mol. The SMILES string of the molecule is Nc1nccc2cc(CNC(=O)[C@@H]3CCCN3C(=O)[C@H](NC(=O)c3ccccc3)c3ccccc3)ccc12. The molecule has 8 heteroatoms. The van der Waals surface area contributed by atoms with Crippen LogP contribution >= 0.6 is 0 Å². The minimum atomic E-state index is -0.906. The number of pyridine rings is 1. The molecule has 4 N–H and O–H groups in total. The molecule has 4 aromatic rings. The maximum Gasteiger partial charge on any atom is 0.252 e. The van der Waals surface area contributed by atoms with Gasteiger partial charge in [0.05, 0.1) is 0 Å². The van der Waals surface area contributed by atoms with Gasteiger partial charge in [0.15, 0.2) is 0 Å². The monoisotopic (exact) mass is 507 g/mol. The predicted molar refractivity (Wildman–Crippen MR) is 146 cm³/mol. The van der Waals surface area contributed by atoms with Gasteiger partial charge in [-0.15, -0.1) is 0 Å². The van der Waals surface area contributed by atoms with E-state index in [1.165, 1.54) is 0 Å². The highest BCUT2D eigenvalue weighted by atomic mass is 16.2. The minimum Gasteiger partial charge on any atom is -0.383 e. The maximum absolute atomic E-state index is 13.8. The van der Waals surface area contributed by atoms with Gasteiger partial charge in [0.1, 0.15) is 17.9 Å². The third-order valence-corrected chi connectivity index (χ3v) is 6.86. The molecule has 0 aliphatic carbocycles. The van der Waals surface area contributed by atoms with E-state index < -0.39 is 12.1 Å². The summed E-state index contributed by atoms with van der Waals surface area (Å²) in [5, 5.41) is 7.68. The Bertz CT molecular complexity index is 1460. The molecule has 0 unspecified atom stereocenters. The van der Waals surface area contributed by atoms with Gasteiger partial charge in [0.25, 0.3) is 5.91 Å². The largest absolute Gasteiger partial charge is 0.383 e. The lowest BCUT2D eigenvalue weighted by Crippen LogP contribution is -2.50. The normalized spacial score (nSPS) is 15.7. The molecule has 0 spiro atoms. The van der Waals surface area contributed by atoms with Gasteiger partial charge >= 0.3 is 0 Å². The Morgan fingerprint density at radius 1 is 0.974 bits per heavy atom. The van der Waals surface area contributed by atoms with Crippen LogP contribution in [0.4, 0.5) is 5.82 Å². The molecule has 1 aliphatic rings. The van der Waals surface area contributed by atoms with Gasteiger partial charge in [-0.2, -0.15) is 0 Å². The Labute approximate surface area is 220 Å². The summed E-state index contributed by atoms with van der Waals surface area (Å²) in [7, 11) is 0. The van der Waals surface area contributed by atoms with E-state index in [2.05, 4.69) is 15.6 Å². The lowest BCUT2D eigenvalue weighted by atomic mass is 10.0. The number of anilines is 1. The molecule has 2 heterocycles. The van der Waals surface area contributed by atoms with E-state index in [1.807, 2.05) is 48.5 Å². The number of likely N-dealkylation sites (tertiary alicyclic amines) is 1. The van der Waals surface area contributed by atoms with E-state index in [0.717, 1.165) is 16.3 Å². The Morgan fingerprint density at radius 3 is 2.47 bits per heavy atom. The van der Waals surface area contributed by atoms with E-state index in [9.17, 15) is 14.4 Å². The third kappa shape index (κ3) is 5.34. The average Bonchev–Trinajstić information content (AvgIpc) is 3.45. The second-order valence-corrected chi connectivity index (χ2v) is 9.34. The fourth-order valence-electron chi connectivity index (χ4n) is 4.87. The molecule has 2 atom stereocenters. The highest BCUT2D eigenvalue weighted by Gasteiger charge is 2.38. The number of nitrogen functional groups attached to an aromatic ring is 1.